The molecule has 256 valence electrons. The van der Waals surface area contributed by atoms with Crippen LogP contribution < -0.4 is 0 Å². The zero-order chi connectivity index (χ0) is 32.6. The van der Waals surface area contributed by atoms with Crippen LogP contribution in [0.4, 0.5) is 0 Å². The summed E-state index contributed by atoms with van der Waals surface area (Å²) in [5.41, 5.74) is 0. The first-order valence-electron chi connectivity index (χ1n) is 17.2. The number of rotatable bonds is 31. The van der Waals surface area contributed by atoms with E-state index in [1.54, 1.807) is 0 Å². The molecular formula is C35H63O8P. The van der Waals surface area contributed by atoms with Crippen molar-refractivity contribution in [2.24, 2.45) is 0 Å². The maximum atomic E-state index is 12.4. The normalized spacial score (nSPS) is 14.0. The number of allylic oxidation sites excluding steroid dienone is 6. The van der Waals surface area contributed by atoms with Gasteiger partial charge in [0.2, 0.25) is 0 Å². The predicted molar refractivity (Wildman–Crippen MR) is 179 cm³/mol. The van der Waals surface area contributed by atoms with Crippen molar-refractivity contribution < 1.29 is 37.6 Å². The quantitative estimate of drug-likeness (QED) is 0.0344. The molecule has 0 spiro atoms. The molecule has 0 fully saturated rings. The smallest absolute Gasteiger partial charge is 0.462 e. The van der Waals surface area contributed by atoms with Crippen LogP contribution in [-0.2, 0) is 32.7 Å². The van der Waals surface area contributed by atoms with Crippen molar-refractivity contribution in [2.75, 3.05) is 20.3 Å². The number of hydrogen-bond acceptors (Lipinski definition) is 7. The molecule has 2 unspecified atom stereocenters. The number of ether oxygens (including phenoxy) is 2. The van der Waals surface area contributed by atoms with E-state index >= 15 is 0 Å². The van der Waals surface area contributed by atoms with Crippen LogP contribution >= 0.6 is 7.82 Å². The monoisotopic (exact) mass is 642 g/mol. The van der Waals surface area contributed by atoms with E-state index in [0.717, 1.165) is 90.6 Å². The summed E-state index contributed by atoms with van der Waals surface area (Å²) in [5, 5.41) is 0. The van der Waals surface area contributed by atoms with Crippen LogP contribution in [0.15, 0.2) is 36.5 Å². The summed E-state index contributed by atoms with van der Waals surface area (Å²) in [5.74, 6) is -0.836. The van der Waals surface area contributed by atoms with Gasteiger partial charge in [-0.1, -0.05) is 108 Å². The largest absolute Gasteiger partial charge is 0.472 e. The van der Waals surface area contributed by atoms with E-state index in [4.69, 9.17) is 14.0 Å². The van der Waals surface area contributed by atoms with Crippen molar-refractivity contribution in [3.63, 3.8) is 0 Å². The molecule has 0 radical (unpaired) electrons. The molecule has 8 nitrogen and oxygen atoms in total. The number of carbonyl (C=O) groups is 2. The van der Waals surface area contributed by atoms with E-state index in [1.165, 1.54) is 32.1 Å². The second-order valence-corrected chi connectivity index (χ2v) is 12.8. The van der Waals surface area contributed by atoms with Crippen LogP contribution in [0.2, 0.25) is 0 Å². The zero-order valence-electron chi connectivity index (χ0n) is 28.1. The Morgan fingerprint density at radius 2 is 1.14 bits per heavy atom. The molecule has 0 aliphatic heterocycles. The van der Waals surface area contributed by atoms with Crippen molar-refractivity contribution in [3.8, 4) is 0 Å². The fourth-order valence-corrected chi connectivity index (χ4v) is 4.85. The lowest BCUT2D eigenvalue weighted by Crippen LogP contribution is -2.29. The van der Waals surface area contributed by atoms with Gasteiger partial charge in [0.15, 0.2) is 6.10 Å². The highest BCUT2D eigenvalue weighted by molar-refractivity contribution is 7.47. The van der Waals surface area contributed by atoms with Gasteiger partial charge in [-0.25, -0.2) is 4.57 Å². The van der Waals surface area contributed by atoms with Crippen molar-refractivity contribution in [3.05, 3.63) is 36.5 Å². The highest BCUT2D eigenvalue weighted by Crippen LogP contribution is 2.42. The minimum atomic E-state index is -4.26. The van der Waals surface area contributed by atoms with Gasteiger partial charge in [-0.2, -0.15) is 0 Å². The Bertz CT molecular complexity index is 824. The molecule has 0 aliphatic rings. The van der Waals surface area contributed by atoms with E-state index in [2.05, 4.69) is 54.8 Å². The van der Waals surface area contributed by atoms with Gasteiger partial charge in [-0.15, -0.1) is 0 Å². The molecule has 1 N–H and O–H groups in total. The van der Waals surface area contributed by atoms with Gasteiger partial charge in [-0.05, 0) is 64.2 Å². The molecule has 0 rings (SSSR count). The average molecular weight is 643 g/mol. The van der Waals surface area contributed by atoms with Gasteiger partial charge in [0, 0.05) is 20.0 Å². The minimum Gasteiger partial charge on any atom is -0.462 e. The number of esters is 2. The zero-order valence-corrected chi connectivity index (χ0v) is 29.0. The Hall–Kier alpha value is -1.73. The van der Waals surface area contributed by atoms with Crippen molar-refractivity contribution in [1.29, 1.82) is 0 Å². The summed E-state index contributed by atoms with van der Waals surface area (Å²) >= 11 is 0. The van der Waals surface area contributed by atoms with Crippen LogP contribution in [0, 0.1) is 0 Å². The molecular weight excluding hydrogens is 579 g/mol. The third-order valence-electron chi connectivity index (χ3n) is 7.09. The molecule has 0 saturated heterocycles. The van der Waals surface area contributed by atoms with Gasteiger partial charge < -0.3 is 14.4 Å². The van der Waals surface area contributed by atoms with Gasteiger partial charge in [0.1, 0.15) is 6.61 Å². The van der Waals surface area contributed by atoms with Crippen LogP contribution in [0.3, 0.4) is 0 Å². The van der Waals surface area contributed by atoms with Gasteiger partial charge in [0.05, 0.1) is 6.61 Å². The first-order chi connectivity index (χ1) is 21.3. The summed E-state index contributed by atoms with van der Waals surface area (Å²) in [4.78, 5) is 34.2. The van der Waals surface area contributed by atoms with E-state index < -0.39 is 26.5 Å². The fourth-order valence-electron chi connectivity index (χ4n) is 4.39. The minimum absolute atomic E-state index is 0.226. The number of carbonyl (C=O) groups excluding carboxylic acids is 2. The fraction of sp³-hybridized carbons (Fsp3) is 0.771. The summed E-state index contributed by atoms with van der Waals surface area (Å²) < 4.78 is 31.7. The second kappa shape index (κ2) is 31.3. The lowest BCUT2D eigenvalue weighted by atomic mass is 10.1. The molecule has 0 aromatic rings. The molecule has 0 saturated carbocycles. The first-order valence-corrected chi connectivity index (χ1v) is 18.7. The number of phosphoric acid groups is 1. The summed E-state index contributed by atoms with van der Waals surface area (Å²) in [7, 11) is -3.20. The van der Waals surface area contributed by atoms with Crippen LogP contribution in [0.1, 0.15) is 149 Å². The number of hydrogen-bond donors (Lipinski definition) is 1. The molecule has 44 heavy (non-hydrogen) atoms. The Balaban J connectivity index is 4.16. The van der Waals surface area contributed by atoms with Crippen molar-refractivity contribution >= 4 is 19.8 Å². The van der Waals surface area contributed by atoms with Gasteiger partial charge >= 0.3 is 19.8 Å². The third kappa shape index (κ3) is 30.3. The lowest BCUT2D eigenvalue weighted by Gasteiger charge is -2.19. The Morgan fingerprint density at radius 3 is 1.70 bits per heavy atom. The van der Waals surface area contributed by atoms with Gasteiger partial charge in [0.25, 0.3) is 0 Å². The molecule has 0 aromatic carbocycles. The maximum Gasteiger partial charge on any atom is 0.472 e. The second-order valence-electron chi connectivity index (χ2n) is 11.3. The highest BCUT2D eigenvalue weighted by Gasteiger charge is 2.24. The molecule has 0 aromatic heterocycles. The van der Waals surface area contributed by atoms with E-state index in [1.807, 2.05) is 0 Å². The number of phosphoric ester groups is 1. The van der Waals surface area contributed by atoms with E-state index in [9.17, 15) is 19.0 Å². The SMILES string of the molecule is CCC/C=C\C/C=C\CCCCCCCC(=O)OC(COC(=O)CCCCCCC/C=C\CCCCC)COP(=O)(O)OC. The molecule has 0 aliphatic carbocycles. The average Bonchev–Trinajstić information content (AvgIpc) is 3.01. The van der Waals surface area contributed by atoms with E-state index in [-0.39, 0.29) is 25.4 Å². The molecule has 0 bridgehead atoms. The standard InChI is InChI=1S/C35H63O8P/c1-4-6-8-10-12-14-16-18-20-22-24-26-28-30-35(37)43-33(32-42-44(38,39)40-3)31-41-34(36)29-27-25-23-21-19-17-15-13-11-9-7-5-2/h8,10,13-16,33H,4-7,9,11-12,17-32H2,1-3H3,(H,38,39)/b10-8-,15-13-,16-14-. The lowest BCUT2D eigenvalue weighted by molar-refractivity contribution is -0.161. The van der Waals surface area contributed by atoms with E-state index in [0.29, 0.717) is 6.42 Å². The van der Waals surface area contributed by atoms with Crippen molar-refractivity contribution in [2.45, 2.75) is 155 Å². The molecule has 0 amide bonds. The molecule has 9 heteroatoms. The maximum absolute atomic E-state index is 12.4. The molecule has 0 heterocycles. The van der Waals surface area contributed by atoms with Crippen LogP contribution in [0.25, 0.3) is 0 Å². The third-order valence-corrected chi connectivity index (χ3v) is 8.02. The predicted octanol–water partition coefficient (Wildman–Crippen LogP) is 10.1. The van der Waals surface area contributed by atoms with Crippen LogP contribution in [0.5, 0.6) is 0 Å². The van der Waals surface area contributed by atoms with Crippen LogP contribution in [-0.4, -0.2) is 43.3 Å². The summed E-state index contributed by atoms with van der Waals surface area (Å²) in [6, 6.07) is 0. The first kappa shape index (κ1) is 42.3. The Morgan fingerprint density at radius 1 is 0.636 bits per heavy atom. The Labute approximate surface area is 268 Å². The number of unbranched alkanes of at least 4 members (excludes halogenated alkanes) is 14. The molecule has 2 atom stereocenters. The van der Waals surface area contributed by atoms with Gasteiger partial charge in [-0.3, -0.25) is 18.6 Å². The topological polar surface area (TPSA) is 108 Å². The summed E-state index contributed by atoms with van der Waals surface area (Å²) in [6.45, 7) is 3.75. The van der Waals surface area contributed by atoms with Crippen molar-refractivity contribution in [1.82, 2.24) is 0 Å². The highest BCUT2D eigenvalue weighted by atomic mass is 31.2. The summed E-state index contributed by atoms with van der Waals surface area (Å²) in [6.07, 6.45) is 33.4. The Kier molecular flexibility index (Phi) is 30.0.